The maximum absolute atomic E-state index is 12.6. The van der Waals surface area contributed by atoms with Crippen molar-refractivity contribution in [2.45, 2.75) is 4.90 Å². The molecule has 2 N–H and O–H groups in total. The number of nitrogens with zero attached hydrogens (tertiary/aromatic N) is 1. The zero-order valence-electron chi connectivity index (χ0n) is 9.22. The Bertz CT molecular complexity index is 758. The third-order valence-electron chi connectivity index (χ3n) is 2.12. The minimum absolute atomic E-state index is 0.0868. The van der Waals surface area contributed by atoms with E-state index in [1.807, 2.05) is 0 Å². The molecule has 2 heterocycles. The molecule has 2 aromatic rings. The van der Waals surface area contributed by atoms with Crippen LogP contribution in [0.1, 0.15) is 0 Å². The lowest BCUT2D eigenvalue weighted by atomic mass is 10.4. The summed E-state index contributed by atoms with van der Waals surface area (Å²) in [6.45, 7) is 0. The van der Waals surface area contributed by atoms with Crippen LogP contribution in [0.25, 0.3) is 0 Å². The van der Waals surface area contributed by atoms with Crippen molar-refractivity contribution in [1.29, 1.82) is 0 Å². The second-order valence-electron chi connectivity index (χ2n) is 3.49. The summed E-state index contributed by atoms with van der Waals surface area (Å²) >= 11 is 5.55. The van der Waals surface area contributed by atoms with Gasteiger partial charge < -0.3 is 4.98 Å². The van der Waals surface area contributed by atoms with Crippen molar-refractivity contribution in [2.24, 2.45) is 0 Å². The molecule has 0 aliphatic rings. The highest BCUT2D eigenvalue weighted by Gasteiger charge is 2.16. The van der Waals surface area contributed by atoms with Crippen molar-refractivity contribution in [3.63, 3.8) is 0 Å². The molecule has 0 radical (unpaired) electrons. The number of aromatic amines is 1. The minimum atomic E-state index is -3.93. The second kappa shape index (κ2) is 4.98. The van der Waals surface area contributed by atoms with Crippen LogP contribution in [-0.2, 0) is 10.0 Å². The Hall–Kier alpha value is -1.93. The first-order chi connectivity index (χ1) is 8.88. The minimum Gasteiger partial charge on any atom is -0.326 e. The van der Waals surface area contributed by atoms with Gasteiger partial charge in [-0.3, -0.25) is 9.52 Å². The van der Waals surface area contributed by atoms with Gasteiger partial charge in [-0.15, -0.1) is 0 Å². The van der Waals surface area contributed by atoms with Crippen molar-refractivity contribution in [3.8, 4) is 0 Å². The van der Waals surface area contributed by atoms with Gasteiger partial charge in [0.05, 0.1) is 11.9 Å². The number of aromatic nitrogens is 2. The van der Waals surface area contributed by atoms with Crippen LogP contribution in [0, 0.1) is 5.95 Å². The SMILES string of the molecule is O=c1[nH]cc(S(=O)(=O)Nc2ccc(F)nc2)cc1Cl. The normalized spacial score (nSPS) is 11.3. The van der Waals surface area contributed by atoms with E-state index in [-0.39, 0.29) is 15.6 Å². The summed E-state index contributed by atoms with van der Waals surface area (Å²) in [5.74, 6) is -0.727. The molecule has 9 heteroatoms. The van der Waals surface area contributed by atoms with Crippen LogP contribution in [0.15, 0.2) is 40.3 Å². The Morgan fingerprint density at radius 1 is 1.37 bits per heavy atom. The third kappa shape index (κ3) is 3.09. The molecule has 0 aliphatic heterocycles. The zero-order valence-corrected chi connectivity index (χ0v) is 10.8. The first-order valence-electron chi connectivity index (χ1n) is 4.91. The van der Waals surface area contributed by atoms with Crippen molar-refractivity contribution in [2.75, 3.05) is 4.72 Å². The summed E-state index contributed by atoms with van der Waals surface area (Å²) < 4.78 is 38.6. The lowest BCUT2D eigenvalue weighted by Gasteiger charge is -2.07. The highest BCUT2D eigenvalue weighted by molar-refractivity contribution is 7.92. The van der Waals surface area contributed by atoms with Gasteiger partial charge in [0, 0.05) is 6.20 Å². The Morgan fingerprint density at radius 3 is 2.68 bits per heavy atom. The largest absolute Gasteiger partial charge is 0.326 e. The Kier molecular flexibility index (Phi) is 3.54. The maximum atomic E-state index is 12.6. The molecule has 0 aromatic carbocycles. The second-order valence-corrected chi connectivity index (χ2v) is 5.58. The quantitative estimate of drug-likeness (QED) is 0.838. The average Bonchev–Trinajstić information content (AvgIpc) is 2.35. The topological polar surface area (TPSA) is 91.9 Å². The maximum Gasteiger partial charge on any atom is 0.266 e. The molecule has 0 fully saturated rings. The highest BCUT2D eigenvalue weighted by atomic mass is 35.5. The predicted molar refractivity (Wildman–Crippen MR) is 67.1 cm³/mol. The van der Waals surface area contributed by atoms with Gasteiger partial charge in [-0.05, 0) is 18.2 Å². The number of halogens is 2. The molecule has 2 aromatic heterocycles. The van der Waals surface area contributed by atoms with Gasteiger partial charge in [-0.1, -0.05) is 11.6 Å². The number of H-pyrrole nitrogens is 1. The Morgan fingerprint density at radius 2 is 2.11 bits per heavy atom. The van der Waals surface area contributed by atoms with E-state index in [1.54, 1.807) is 0 Å². The van der Waals surface area contributed by atoms with Crippen LogP contribution >= 0.6 is 11.6 Å². The molecule has 0 amide bonds. The van der Waals surface area contributed by atoms with E-state index in [4.69, 9.17) is 11.6 Å². The highest BCUT2D eigenvalue weighted by Crippen LogP contribution is 2.15. The van der Waals surface area contributed by atoms with E-state index < -0.39 is 21.5 Å². The summed E-state index contributed by atoms with van der Waals surface area (Å²) in [6.07, 6.45) is 2.04. The van der Waals surface area contributed by atoms with Gasteiger partial charge >= 0.3 is 0 Å². The zero-order chi connectivity index (χ0) is 14.0. The smallest absolute Gasteiger partial charge is 0.266 e. The van der Waals surface area contributed by atoms with E-state index in [0.717, 1.165) is 24.5 Å². The molecule has 0 saturated carbocycles. The molecular weight excluding hydrogens is 297 g/mol. The van der Waals surface area contributed by atoms with E-state index >= 15 is 0 Å². The van der Waals surface area contributed by atoms with Gasteiger partial charge in [0.1, 0.15) is 9.92 Å². The molecule has 0 atom stereocenters. The summed E-state index contributed by atoms with van der Waals surface area (Å²) in [6, 6.07) is 3.24. The fraction of sp³-hybridized carbons (Fsp3) is 0. The number of pyridine rings is 2. The summed E-state index contributed by atoms with van der Waals surface area (Å²) in [5.41, 5.74) is -0.507. The van der Waals surface area contributed by atoms with Gasteiger partial charge in [0.25, 0.3) is 15.6 Å². The number of sulfonamides is 1. The molecule has 6 nitrogen and oxygen atoms in total. The van der Waals surface area contributed by atoms with E-state index in [0.29, 0.717) is 0 Å². The molecule has 0 aliphatic carbocycles. The van der Waals surface area contributed by atoms with Gasteiger partial charge in [-0.2, -0.15) is 4.39 Å². The van der Waals surface area contributed by atoms with Crippen LogP contribution in [0.5, 0.6) is 0 Å². The third-order valence-corrected chi connectivity index (χ3v) is 3.76. The Balaban J connectivity index is 2.34. The number of rotatable bonds is 3. The first-order valence-corrected chi connectivity index (χ1v) is 6.77. The van der Waals surface area contributed by atoms with Crippen LogP contribution < -0.4 is 10.3 Å². The van der Waals surface area contributed by atoms with Crippen LogP contribution in [0.4, 0.5) is 10.1 Å². The van der Waals surface area contributed by atoms with Crippen LogP contribution in [0.2, 0.25) is 5.02 Å². The molecular formula is C10H7ClFN3O3S. The molecule has 0 spiro atoms. The first kappa shape index (κ1) is 13.5. The average molecular weight is 304 g/mol. The lowest BCUT2D eigenvalue weighted by molar-refractivity contribution is 0.583. The molecule has 19 heavy (non-hydrogen) atoms. The molecule has 2 rings (SSSR count). The fourth-order valence-electron chi connectivity index (χ4n) is 1.24. The predicted octanol–water partition coefficient (Wildman–Crippen LogP) is 1.36. The monoisotopic (exact) mass is 303 g/mol. The lowest BCUT2D eigenvalue weighted by Crippen LogP contribution is -2.16. The van der Waals surface area contributed by atoms with E-state index in [1.165, 1.54) is 6.07 Å². The molecule has 0 unspecified atom stereocenters. The van der Waals surface area contributed by atoms with Gasteiger partial charge in [0.15, 0.2) is 0 Å². The van der Waals surface area contributed by atoms with Crippen LogP contribution in [-0.4, -0.2) is 18.4 Å². The van der Waals surface area contributed by atoms with Crippen molar-refractivity contribution in [1.82, 2.24) is 9.97 Å². The van der Waals surface area contributed by atoms with E-state index in [9.17, 15) is 17.6 Å². The van der Waals surface area contributed by atoms with Crippen molar-refractivity contribution >= 4 is 27.3 Å². The standard InChI is InChI=1S/C10H7ClFN3O3S/c11-8-3-7(5-14-10(8)16)19(17,18)15-6-1-2-9(12)13-4-6/h1-5,15H,(H,14,16). The summed E-state index contributed by atoms with van der Waals surface area (Å²) in [4.78, 5) is 16.3. The molecule has 0 saturated heterocycles. The molecule has 100 valence electrons. The number of hydrogen-bond acceptors (Lipinski definition) is 4. The summed E-state index contributed by atoms with van der Waals surface area (Å²) in [5, 5.41) is -0.250. The number of hydrogen-bond donors (Lipinski definition) is 2. The van der Waals surface area contributed by atoms with Gasteiger partial charge in [-0.25, -0.2) is 13.4 Å². The van der Waals surface area contributed by atoms with Crippen molar-refractivity contribution < 1.29 is 12.8 Å². The number of anilines is 1. The van der Waals surface area contributed by atoms with E-state index in [2.05, 4.69) is 14.7 Å². The van der Waals surface area contributed by atoms with Crippen LogP contribution in [0.3, 0.4) is 0 Å². The molecule has 0 bridgehead atoms. The number of nitrogens with one attached hydrogen (secondary N) is 2. The summed E-state index contributed by atoms with van der Waals surface area (Å²) in [7, 11) is -3.93. The van der Waals surface area contributed by atoms with Gasteiger partial charge in [0.2, 0.25) is 5.95 Å². The Labute approximate surface area is 112 Å². The van der Waals surface area contributed by atoms with Crippen molar-refractivity contribution in [3.05, 3.63) is 51.9 Å². The fourth-order valence-corrected chi connectivity index (χ4v) is 2.52.